The zero-order valence-corrected chi connectivity index (χ0v) is 13.2. The lowest BCUT2D eigenvalue weighted by Gasteiger charge is -2.41. The average molecular weight is 308 g/mol. The molecule has 23 heavy (non-hydrogen) atoms. The molecular formula is C18H20N4O. The molecule has 0 radical (unpaired) electrons. The van der Waals surface area contributed by atoms with Crippen LogP contribution in [0, 0.1) is 22.7 Å². The Hall–Kier alpha value is -2.37. The fraction of sp³-hybridized carbons (Fsp3) is 0.500. The summed E-state index contributed by atoms with van der Waals surface area (Å²) in [4.78, 5) is 6.86. The van der Waals surface area contributed by atoms with Gasteiger partial charge in [0.2, 0.25) is 5.88 Å². The Morgan fingerprint density at radius 1 is 1.17 bits per heavy atom. The highest BCUT2D eigenvalue weighted by molar-refractivity contribution is 5.57. The number of hydrogen-bond acceptors (Lipinski definition) is 5. The number of hydrogen-bond donors (Lipinski definition) is 0. The van der Waals surface area contributed by atoms with Gasteiger partial charge in [0.15, 0.2) is 0 Å². The summed E-state index contributed by atoms with van der Waals surface area (Å²) in [5.41, 5.74) is 1.13. The van der Waals surface area contributed by atoms with Crippen LogP contribution >= 0.6 is 0 Å². The van der Waals surface area contributed by atoms with E-state index in [0.717, 1.165) is 32.0 Å². The molecule has 0 N–H and O–H groups in total. The quantitative estimate of drug-likeness (QED) is 0.855. The number of nitrogens with zero attached hydrogens (tertiary/aromatic N) is 4. The molecule has 0 aromatic carbocycles. The van der Waals surface area contributed by atoms with Crippen LogP contribution in [0.4, 0.5) is 0 Å². The van der Waals surface area contributed by atoms with Crippen molar-refractivity contribution in [2.45, 2.75) is 44.2 Å². The predicted molar refractivity (Wildman–Crippen MR) is 86.6 cm³/mol. The molecule has 1 saturated heterocycles. The van der Waals surface area contributed by atoms with Crippen LogP contribution < -0.4 is 4.74 Å². The molecule has 2 aliphatic rings. The molecule has 0 bridgehead atoms. The first-order valence-electron chi connectivity index (χ1n) is 8.13. The van der Waals surface area contributed by atoms with Crippen LogP contribution in [0.5, 0.6) is 5.88 Å². The lowest BCUT2D eigenvalue weighted by molar-refractivity contribution is 0.0473. The average Bonchev–Trinajstić information content (AvgIpc) is 2.54. The SMILES string of the molecule is C=Cc1nc(OC2CCN(C3CCC3)CC2)c(C#N)cc1C#N. The normalized spacial score (nSPS) is 19.4. The summed E-state index contributed by atoms with van der Waals surface area (Å²) in [5, 5.41) is 18.4. The summed E-state index contributed by atoms with van der Waals surface area (Å²) in [5.74, 6) is 0.323. The molecule has 118 valence electrons. The largest absolute Gasteiger partial charge is 0.473 e. The molecule has 0 unspecified atom stereocenters. The third-order valence-electron chi connectivity index (χ3n) is 4.80. The molecule has 2 heterocycles. The fourth-order valence-electron chi connectivity index (χ4n) is 3.19. The van der Waals surface area contributed by atoms with Crippen LogP contribution in [0.2, 0.25) is 0 Å². The minimum Gasteiger partial charge on any atom is -0.473 e. The Balaban J connectivity index is 1.69. The number of likely N-dealkylation sites (tertiary alicyclic amines) is 1. The highest BCUT2D eigenvalue weighted by atomic mass is 16.5. The van der Waals surface area contributed by atoms with E-state index in [1.807, 2.05) is 6.07 Å². The maximum Gasteiger partial charge on any atom is 0.232 e. The minimum absolute atomic E-state index is 0.0801. The standard InChI is InChI=1S/C18H20N4O/c1-2-17-13(11-19)10-14(12-20)18(21-17)23-16-6-8-22(9-7-16)15-4-3-5-15/h2,10,15-16H,1,3-9H2. The molecular weight excluding hydrogens is 288 g/mol. The van der Waals surface area contributed by atoms with E-state index >= 15 is 0 Å². The molecule has 0 amide bonds. The number of nitriles is 2. The van der Waals surface area contributed by atoms with Gasteiger partial charge in [-0.2, -0.15) is 10.5 Å². The molecule has 0 spiro atoms. The van der Waals surface area contributed by atoms with Gasteiger partial charge in [-0.15, -0.1) is 0 Å². The van der Waals surface area contributed by atoms with E-state index in [4.69, 9.17) is 10.00 Å². The van der Waals surface area contributed by atoms with Crippen LogP contribution in [0.25, 0.3) is 6.08 Å². The van der Waals surface area contributed by atoms with Gasteiger partial charge in [0.1, 0.15) is 23.8 Å². The molecule has 1 aromatic heterocycles. The minimum atomic E-state index is 0.0801. The van der Waals surface area contributed by atoms with Crippen molar-refractivity contribution in [1.29, 1.82) is 10.5 Å². The Kier molecular flexibility index (Phi) is 4.60. The van der Waals surface area contributed by atoms with Crippen LogP contribution in [-0.4, -0.2) is 35.1 Å². The monoisotopic (exact) mass is 308 g/mol. The Labute approximate surface area is 136 Å². The lowest BCUT2D eigenvalue weighted by Crippen LogP contribution is -2.46. The second-order valence-corrected chi connectivity index (χ2v) is 6.14. The Morgan fingerprint density at radius 3 is 2.39 bits per heavy atom. The van der Waals surface area contributed by atoms with Crippen LogP contribution in [0.1, 0.15) is 48.9 Å². The van der Waals surface area contributed by atoms with Crippen molar-refractivity contribution < 1.29 is 4.74 Å². The van der Waals surface area contributed by atoms with E-state index in [0.29, 0.717) is 22.7 Å². The van der Waals surface area contributed by atoms with Crippen molar-refractivity contribution in [1.82, 2.24) is 9.88 Å². The number of ether oxygens (including phenoxy) is 1. The van der Waals surface area contributed by atoms with E-state index in [2.05, 4.69) is 22.5 Å². The molecule has 5 nitrogen and oxygen atoms in total. The second kappa shape index (κ2) is 6.81. The number of pyridine rings is 1. The Morgan fingerprint density at radius 2 is 1.87 bits per heavy atom. The first-order valence-corrected chi connectivity index (χ1v) is 8.13. The van der Waals surface area contributed by atoms with Gasteiger partial charge in [0, 0.05) is 19.1 Å². The van der Waals surface area contributed by atoms with Gasteiger partial charge >= 0.3 is 0 Å². The van der Waals surface area contributed by atoms with Crippen LogP contribution in [0.3, 0.4) is 0 Å². The van der Waals surface area contributed by atoms with Crippen molar-refractivity contribution in [2.24, 2.45) is 0 Å². The van der Waals surface area contributed by atoms with E-state index in [1.165, 1.54) is 31.4 Å². The van der Waals surface area contributed by atoms with E-state index in [1.54, 1.807) is 0 Å². The third-order valence-corrected chi connectivity index (χ3v) is 4.80. The van der Waals surface area contributed by atoms with Gasteiger partial charge in [-0.05, 0) is 37.8 Å². The van der Waals surface area contributed by atoms with Crippen LogP contribution in [-0.2, 0) is 0 Å². The van der Waals surface area contributed by atoms with E-state index < -0.39 is 0 Å². The molecule has 1 saturated carbocycles. The maximum atomic E-state index is 9.27. The lowest BCUT2D eigenvalue weighted by atomic mass is 9.90. The topological polar surface area (TPSA) is 72.9 Å². The van der Waals surface area contributed by atoms with Gasteiger partial charge in [-0.1, -0.05) is 13.0 Å². The number of aromatic nitrogens is 1. The summed E-state index contributed by atoms with van der Waals surface area (Å²) in [6.07, 6.45) is 7.50. The molecule has 1 aliphatic heterocycles. The second-order valence-electron chi connectivity index (χ2n) is 6.14. The highest BCUT2D eigenvalue weighted by Crippen LogP contribution is 2.29. The first-order chi connectivity index (χ1) is 11.2. The molecule has 3 rings (SSSR count). The van der Waals surface area contributed by atoms with Gasteiger partial charge in [0.05, 0.1) is 11.3 Å². The summed E-state index contributed by atoms with van der Waals surface area (Å²) >= 11 is 0. The summed E-state index contributed by atoms with van der Waals surface area (Å²) in [7, 11) is 0. The maximum absolute atomic E-state index is 9.27. The van der Waals surface area contributed by atoms with Gasteiger partial charge in [-0.25, -0.2) is 4.98 Å². The van der Waals surface area contributed by atoms with E-state index in [-0.39, 0.29) is 6.10 Å². The first kappa shape index (κ1) is 15.5. The van der Waals surface area contributed by atoms with Gasteiger partial charge in [-0.3, -0.25) is 0 Å². The van der Waals surface area contributed by atoms with Crippen molar-refractivity contribution in [3.05, 3.63) is 29.5 Å². The predicted octanol–water partition coefficient (Wildman–Crippen LogP) is 2.86. The summed E-state index contributed by atoms with van der Waals surface area (Å²) < 4.78 is 5.98. The van der Waals surface area contributed by atoms with Gasteiger partial charge < -0.3 is 9.64 Å². The summed E-state index contributed by atoms with van der Waals surface area (Å²) in [6, 6.07) is 6.41. The Bertz CT molecular complexity index is 673. The van der Waals surface area contributed by atoms with Crippen molar-refractivity contribution >= 4 is 6.08 Å². The van der Waals surface area contributed by atoms with Crippen molar-refractivity contribution in [3.8, 4) is 18.0 Å². The zero-order chi connectivity index (χ0) is 16.2. The van der Waals surface area contributed by atoms with Gasteiger partial charge in [0.25, 0.3) is 0 Å². The van der Waals surface area contributed by atoms with E-state index in [9.17, 15) is 5.26 Å². The number of rotatable bonds is 4. The highest BCUT2D eigenvalue weighted by Gasteiger charge is 2.29. The molecule has 0 atom stereocenters. The van der Waals surface area contributed by atoms with Crippen molar-refractivity contribution in [3.63, 3.8) is 0 Å². The summed E-state index contributed by atoms with van der Waals surface area (Å²) in [6.45, 7) is 5.76. The van der Waals surface area contributed by atoms with Crippen LogP contribution in [0.15, 0.2) is 12.6 Å². The molecule has 5 heteroatoms. The number of piperidine rings is 1. The smallest absolute Gasteiger partial charge is 0.232 e. The third kappa shape index (κ3) is 3.21. The van der Waals surface area contributed by atoms with Crippen molar-refractivity contribution in [2.75, 3.05) is 13.1 Å². The zero-order valence-electron chi connectivity index (χ0n) is 13.2. The molecule has 2 fully saturated rings. The molecule has 1 aliphatic carbocycles. The fourth-order valence-corrected chi connectivity index (χ4v) is 3.19. The molecule has 1 aromatic rings.